The molecule has 72 valence electrons. The highest BCUT2D eigenvalue weighted by molar-refractivity contribution is 6.35. The summed E-state index contributed by atoms with van der Waals surface area (Å²) < 4.78 is 4.97. The van der Waals surface area contributed by atoms with E-state index < -0.39 is 5.97 Å². The summed E-state index contributed by atoms with van der Waals surface area (Å²) in [5.74, 6) is -1.40. The molecule has 0 saturated heterocycles. The number of halogens is 1. The predicted octanol–water partition coefficient (Wildman–Crippen LogP) is 2.49. The molecule has 0 saturated carbocycles. The zero-order valence-electron chi connectivity index (χ0n) is 6.82. The van der Waals surface area contributed by atoms with Crippen LogP contribution in [0.3, 0.4) is 0 Å². The molecular weight excluding hydrogens is 208 g/mol. The minimum Gasteiger partial charge on any atom is -0.508 e. The largest absolute Gasteiger partial charge is 0.508 e. The Hall–Kier alpha value is -1.68. The van der Waals surface area contributed by atoms with E-state index in [2.05, 4.69) is 0 Å². The highest BCUT2D eigenvalue weighted by atomic mass is 35.5. The van der Waals surface area contributed by atoms with Crippen molar-refractivity contribution in [3.63, 3.8) is 0 Å². The molecule has 2 aromatic rings. The minimum absolute atomic E-state index is 0.0276. The van der Waals surface area contributed by atoms with Gasteiger partial charge >= 0.3 is 5.97 Å². The van der Waals surface area contributed by atoms with Gasteiger partial charge in [0.25, 0.3) is 0 Å². The lowest BCUT2D eigenvalue weighted by Gasteiger charge is -1.93. The highest BCUT2D eigenvalue weighted by Gasteiger charge is 2.13. The normalized spacial score (nSPS) is 10.6. The van der Waals surface area contributed by atoms with E-state index in [4.69, 9.17) is 21.1 Å². The standard InChI is InChI=1S/C9H5ClO4/c10-6-3-5(11)1-4-2-7(9(12)13)14-8(4)6/h1-3,11H,(H,12,13). The highest BCUT2D eigenvalue weighted by Crippen LogP contribution is 2.30. The Morgan fingerprint density at radius 2 is 2.07 bits per heavy atom. The Morgan fingerprint density at radius 3 is 2.71 bits per heavy atom. The summed E-state index contributed by atoms with van der Waals surface area (Å²) in [6.45, 7) is 0. The van der Waals surface area contributed by atoms with Crippen molar-refractivity contribution < 1.29 is 19.4 Å². The molecule has 14 heavy (non-hydrogen) atoms. The van der Waals surface area contributed by atoms with Crippen molar-refractivity contribution in [1.82, 2.24) is 0 Å². The lowest BCUT2D eigenvalue weighted by Crippen LogP contribution is -1.91. The summed E-state index contributed by atoms with van der Waals surface area (Å²) in [7, 11) is 0. The number of carboxylic acid groups (broad SMARTS) is 1. The number of carboxylic acids is 1. The van der Waals surface area contributed by atoms with E-state index in [9.17, 15) is 9.90 Å². The number of phenols is 1. The van der Waals surface area contributed by atoms with E-state index in [1.807, 2.05) is 0 Å². The molecule has 0 spiro atoms. The van der Waals surface area contributed by atoms with Crippen LogP contribution in [0.25, 0.3) is 11.0 Å². The maximum absolute atomic E-state index is 10.6. The van der Waals surface area contributed by atoms with Gasteiger partial charge in [-0.05, 0) is 12.1 Å². The van der Waals surface area contributed by atoms with E-state index >= 15 is 0 Å². The number of furan rings is 1. The Kier molecular flexibility index (Phi) is 1.86. The average Bonchev–Trinajstić information content (AvgIpc) is 2.47. The Balaban J connectivity index is 2.76. The van der Waals surface area contributed by atoms with Gasteiger partial charge in [-0.25, -0.2) is 4.79 Å². The van der Waals surface area contributed by atoms with Gasteiger partial charge in [-0.2, -0.15) is 0 Å². The van der Waals surface area contributed by atoms with Gasteiger partial charge in [0.1, 0.15) is 5.75 Å². The fourth-order valence-corrected chi connectivity index (χ4v) is 1.46. The van der Waals surface area contributed by atoms with Gasteiger partial charge in [-0.15, -0.1) is 0 Å². The van der Waals surface area contributed by atoms with Crippen LogP contribution in [0.5, 0.6) is 5.75 Å². The molecule has 0 radical (unpaired) electrons. The van der Waals surface area contributed by atoms with Crippen LogP contribution >= 0.6 is 11.6 Å². The van der Waals surface area contributed by atoms with Gasteiger partial charge in [-0.3, -0.25) is 0 Å². The summed E-state index contributed by atoms with van der Waals surface area (Å²) in [6, 6.07) is 3.99. The molecular formula is C9H5ClO4. The molecule has 0 aliphatic rings. The maximum Gasteiger partial charge on any atom is 0.371 e. The number of hydrogen-bond acceptors (Lipinski definition) is 3. The lowest BCUT2D eigenvalue weighted by molar-refractivity contribution is 0.0665. The second kappa shape index (κ2) is 2.92. The zero-order chi connectivity index (χ0) is 10.3. The molecule has 2 rings (SSSR count). The number of phenolic OH excluding ortho intramolecular Hbond substituents is 1. The van der Waals surface area contributed by atoms with Crippen molar-refractivity contribution in [3.05, 3.63) is 29.0 Å². The summed E-state index contributed by atoms with van der Waals surface area (Å²) in [5, 5.41) is 18.5. The van der Waals surface area contributed by atoms with Gasteiger partial charge in [0.2, 0.25) is 5.76 Å². The fraction of sp³-hybridized carbons (Fsp3) is 0. The van der Waals surface area contributed by atoms with Gasteiger partial charge in [0, 0.05) is 11.5 Å². The van der Waals surface area contributed by atoms with Crippen LogP contribution < -0.4 is 0 Å². The molecule has 2 N–H and O–H groups in total. The van der Waals surface area contributed by atoms with Crippen molar-refractivity contribution in [2.75, 3.05) is 0 Å². The molecule has 1 heterocycles. The Bertz CT molecular complexity index is 515. The molecule has 4 nitrogen and oxygen atoms in total. The minimum atomic E-state index is -1.17. The van der Waals surface area contributed by atoms with Crippen LogP contribution in [0.2, 0.25) is 5.02 Å². The summed E-state index contributed by atoms with van der Waals surface area (Å²) in [6.07, 6.45) is 0. The Labute approximate surface area is 83.3 Å². The second-order valence-corrected chi connectivity index (χ2v) is 3.17. The summed E-state index contributed by atoms with van der Waals surface area (Å²) >= 11 is 5.73. The number of aromatic carboxylic acids is 1. The van der Waals surface area contributed by atoms with Crippen LogP contribution in [0.4, 0.5) is 0 Å². The molecule has 5 heteroatoms. The first-order valence-electron chi connectivity index (χ1n) is 3.73. The third-order valence-corrected chi connectivity index (χ3v) is 2.05. The lowest BCUT2D eigenvalue weighted by atomic mass is 10.2. The van der Waals surface area contributed by atoms with Crippen LogP contribution in [0, 0.1) is 0 Å². The average molecular weight is 213 g/mol. The molecule has 0 amide bonds. The smallest absolute Gasteiger partial charge is 0.371 e. The first-order valence-corrected chi connectivity index (χ1v) is 4.11. The van der Waals surface area contributed by atoms with E-state index in [0.717, 1.165) is 0 Å². The SMILES string of the molecule is O=C(O)c1cc2cc(O)cc(Cl)c2o1. The topological polar surface area (TPSA) is 70.7 Å². The van der Waals surface area contributed by atoms with Crippen LogP contribution in [0.15, 0.2) is 22.6 Å². The fourth-order valence-electron chi connectivity index (χ4n) is 1.20. The first-order chi connectivity index (χ1) is 6.58. The molecule has 0 bridgehead atoms. The Morgan fingerprint density at radius 1 is 1.36 bits per heavy atom. The molecule has 1 aromatic carbocycles. The van der Waals surface area contributed by atoms with Crippen molar-refractivity contribution >= 4 is 28.5 Å². The molecule has 0 unspecified atom stereocenters. The molecule has 0 aliphatic carbocycles. The van der Waals surface area contributed by atoms with Crippen LogP contribution in [-0.2, 0) is 0 Å². The molecule has 0 atom stereocenters. The van der Waals surface area contributed by atoms with Crippen molar-refractivity contribution in [1.29, 1.82) is 0 Å². The number of aromatic hydroxyl groups is 1. The van der Waals surface area contributed by atoms with E-state index in [1.165, 1.54) is 18.2 Å². The van der Waals surface area contributed by atoms with E-state index in [1.54, 1.807) is 0 Å². The van der Waals surface area contributed by atoms with Crippen molar-refractivity contribution in [3.8, 4) is 5.75 Å². The first kappa shape index (κ1) is 8.90. The van der Waals surface area contributed by atoms with E-state index in [0.29, 0.717) is 5.39 Å². The second-order valence-electron chi connectivity index (χ2n) is 2.76. The zero-order valence-corrected chi connectivity index (χ0v) is 7.58. The number of rotatable bonds is 1. The summed E-state index contributed by atoms with van der Waals surface area (Å²) in [5.41, 5.74) is 0.266. The molecule has 0 aliphatic heterocycles. The van der Waals surface area contributed by atoms with Crippen molar-refractivity contribution in [2.24, 2.45) is 0 Å². The van der Waals surface area contributed by atoms with E-state index in [-0.39, 0.29) is 22.1 Å². The summed E-state index contributed by atoms with van der Waals surface area (Å²) in [4.78, 5) is 10.6. The molecule has 1 aromatic heterocycles. The third kappa shape index (κ3) is 1.29. The van der Waals surface area contributed by atoms with Gasteiger partial charge in [-0.1, -0.05) is 11.6 Å². The number of fused-ring (bicyclic) bond motifs is 1. The number of hydrogen-bond donors (Lipinski definition) is 2. The van der Waals surface area contributed by atoms with Crippen LogP contribution in [0.1, 0.15) is 10.6 Å². The maximum atomic E-state index is 10.6. The van der Waals surface area contributed by atoms with Gasteiger partial charge in [0.15, 0.2) is 5.58 Å². The molecule has 0 fully saturated rings. The predicted molar refractivity (Wildman–Crippen MR) is 49.8 cm³/mol. The third-order valence-electron chi connectivity index (χ3n) is 1.77. The van der Waals surface area contributed by atoms with Crippen molar-refractivity contribution in [2.45, 2.75) is 0 Å². The van der Waals surface area contributed by atoms with Gasteiger partial charge in [0.05, 0.1) is 5.02 Å². The van der Waals surface area contributed by atoms with Gasteiger partial charge < -0.3 is 14.6 Å². The quantitative estimate of drug-likeness (QED) is 0.762. The number of carbonyl (C=O) groups is 1. The monoisotopic (exact) mass is 212 g/mol. The van der Waals surface area contributed by atoms with Crippen LogP contribution in [-0.4, -0.2) is 16.2 Å². The number of benzene rings is 1.